The minimum atomic E-state index is -0.937. The SMILES string of the molecule is O=[N+]([O-])c1ccc(NC(=S)Cl)cc1F. The third-order valence-electron chi connectivity index (χ3n) is 1.39. The van der Waals surface area contributed by atoms with E-state index in [1.165, 1.54) is 6.07 Å². The van der Waals surface area contributed by atoms with Crippen LogP contribution in [0.25, 0.3) is 0 Å². The Morgan fingerprint density at radius 3 is 2.71 bits per heavy atom. The molecule has 0 aromatic heterocycles. The van der Waals surface area contributed by atoms with E-state index >= 15 is 0 Å². The zero-order valence-electron chi connectivity index (χ0n) is 6.66. The van der Waals surface area contributed by atoms with Gasteiger partial charge in [-0.2, -0.15) is 4.39 Å². The second kappa shape index (κ2) is 4.30. The van der Waals surface area contributed by atoms with Crippen LogP contribution in [0.1, 0.15) is 0 Å². The Balaban J connectivity index is 3.00. The van der Waals surface area contributed by atoms with Crippen LogP contribution in [-0.2, 0) is 0 Å². The van der Waals surface area contributed by atoms with E-state index in [4.69, 9.17) is 11.6 Å². The summed E-state index contributed by atoms with van der Waals surface area (Å²) in [7, 11) is 0. The van der Waals surface area contributed by atoms with Crippen molar-refractivity contribution < 1.29 is 9.31 Å². The molecule has 1 N–H and O–H groups in total. The first-order valence-electron chi connectivity index (χ1n) is 3.41. The van der Waals surface area contributed by atoms with Gasteiger partial charge in [0.25, 0.3) is 0 Å². The van der Waals surface area contributed by atoms with Crippen molar-refractivity contribution in [3.63, 3.8) is 0 Å². The molecule has 1 aromatic carbocycles. The third kappa shape index (κ3) is 2.61. The second-order valence-electron chi connectivity index (χ2n) is 2.32. The summed E-state index contributed by atoms with van der Waals surface area (Å²) in [6.07, 6.45) is 0. The van der Waals surface area contributed by atoms with Crippen LogP contribution in [0.3, 0.4) is 0 Å². The standard InChI is InChI=1S/C7H4ClFN2O2S/c8-7(14)10-4-1-2-6(11(12)13)5(9)3-4/h1-3H,(H,10,14). The van der Waals surface area contributed by atoms with Crippen molar-refractivity contribution in [2.24, 2.45) is 0 Å². The first-order valence-corrected chi connectivity index (χ1v) is 4.20. The Bertz CT molecular complexity index is 399. The highest BCUT2D eigenvalue weighted by molar-refractivity contribution is 7.83. The van der Waals surface area contributed by atoms with Crippen molar-refractivity contribution >= 4 is 39.6 Å². The molecule has 0 aliphatic rings. The molecule has 74 valence electrons. The Labute approximate surface area is 88.8 Å². The maximum absolute atomic E-state index is 13.0. The van der Waals surface area contributed by atoms with Gasteiger partial charge in [0.05, 0.1) is 4.92 Å². The number of hydrogen-bond donors (Lipinski definition) is 1. The van der Waals surface area contributed by atoms with Gasteiger partial charge in [-0.05, 0) is 18.3 Å². The minimum Gasteiger partial charge on any atom is -0.337 e. The number of nitrogens with zero attached hydrogens (tertiary/aromatic N) is 1. The molecular formula is C7H4ClFN2O2S. The fourth-order valence-electron chi connectivity index (χ4n) is 0.846. The molecule has 7 heteroatoms. The van der Waals surface area contributed by atoms with E-state index in [2.05, 4.69) is 17.5 Å². The molecule has 14 heavy (non-hydrogen) atoms. The molecule has 0 saturated heterocycles. The van der Waals surface area contributed by atoms with Crippen LogP contribution in [0.5, 0.6) is 0 Å². The van der Waals surface area contributed by atoms with Gasteiger partial charge in [-0.1, -0.05) is 11.6 Å². The van der Waals surface area contributed by atoms with E-state index in [9.17, 15) is 14.5 Å². The third-order valence-corrected chi connectivity index (χ3v) is 1.58. The number of nitrogens with one attached hydrogen (secondary N) is 1. The predicted octanol–water partition coefficient (Wildman–Crippen LogP) is 2.67. The number of halogens is 2. The van der Waals surface area contributed by atoms with E-state index in [1.807, 2.05) is 0 Å². The van der Waals surface area contributed by atoms with Crippen LogP contribution < -0.4 is 5.32 Å². The molecule has 0 atom stereocenters. The van der Waals surface area contributed by atoms with Crippen LogP contribution in [-0.4, -0.2) is 9.37 Å². The summed E-state index contributed by atoms with van der Waals surface area (Å²) < 4.78 is 12.9. The molecule has 0 bridgehead atoms. The molecule has 0 radical (unpaired) electrons. The van der Waals surface area contributed by atoms with Crippen molar-refractivity contribution in [3.8, 4) is 0 Å². The summed E-state index contributed by atoms with van der Waals surface area (Å²) >= 11 is 9.83. The predicted molar refractivity (Wildman–Crippen MR) is 55.1 cm³/mol. The number of hydrogen-bond acceptors (Lipinski definition) is 3. The summed E-state index contributed by atoms with van der Waals surface area (Å²) in [4.78, 5) is 9.44. The molecular weight excluding hydrogens is 231 g/mol. The van der Waals surface area contributed by atoms with Gasteiger partial charge in [0.1, 0.15) is 0 Å². The van der Waals surface area contributed by atoms with Crippen molar-refractivity contribution in [3.05, 3.63) is 34.1 Å². The number of anilines is 1. The van der Waals surface area contributed by atoms with Gasteiger partial charge >= 0.3 is 5.69 Å². The lowest BCUT2D eigenvalue weighted by Crippen LogP contribution is -2.01. The Kier molecular flexibility index (Phi) is 3.32. The van der Waals surface area contributed by atoms with Gasteiger partial charge in [-0.15, -0.1) is 0 Å². The Hall–Kier alpha value is -1.27. The number of benzene rings is 1. The van der Waals surface area contributed by atoms with Crippen LogP contribution in [0.2, 0.25) is 0 Å². The summed E-state index contributed by atoms with van der Waals surface area (Å²) in [5.74, 6) is -0.937. The molecule has 0 saturated carbocycles. The van der Waals surface area contributed by atoms with Crippen molar-refractivity contribution in [2.45, 2.75) is 0 Å². The zero-order chi connectivity index (χ0) is 10.7. The number of thiocarbonyl (C=S) groups is 1. The first-order chi connectivity index (χ1) is 6.50. The average Bonchev–Trinajstić information content (AvgIpc) is 2.01. The molecule has 0 amide bonds. The molecule has 4 nitrogen and oxygen atoms in total. The second-order valence-corrected chi connectivity index (χ2v) is 3.33. The molecule has 0 unspecified atom stereocenters. The highest BCUT2D eigenvalue weighted by Crippen LogP contribution is 2.20. The largest absolute Gasteiger partial charge is 0.337 e. The number of nitro benzene ring substituents is 1. The molecule has 0 fully saturated rings. The number of nitro groups is 1. The van der Waals surface area contributed by atoms with Gasteiger partial charge in [-0.3, -0.25) is 10.1 Å². The van der Waals surface area contributed by atoms with Crippen molar-refractivity contribution in [1.82, 2.24) is 0 Å². The normalized spacial score (nSPS) is 9.57. The highest BCUT2D eigenvalue weighted by Gasteiger charge is 2.13. The highest BCUT2D eigenvalue weighted by atomic mass is 35.5. The lowest BCUT2D eigenvalue weighted by atomic mass is 10.3. The summed E-state index contributed by atoms with van der Waals surface area (Å²) in [6.45, 7) is 0. The zero-order valence-corrected chi connectivity index (χ0v) is 8.23. The molecule has 1 rings (SSSR count). The van der Waals surface area contributed by atoms with Gasteiger partial charge in [-0.25, -0.2) is 0 Å². The van der Waals surface area contributed by atoms with Gasteiger partial charge in [0, 0.05) is 17.8 Å². The Morgan fingerprint density at radius 1 is 1.64 bits per heavy atom. The van der Waals surface area contributed by atoms with Crippen LogP contribution >= 0.6 is 23.8 Å². The van der Waals surface area contributed by atoms with E-state index in [-0.39, 0.29) is 10.1 Å². The van der Waals surface area contributed by atoms with Crippen LogP contribution in [0.4, 0.5) is 15.8 Å². The topological polar surface area (TPSA) is 55.2 Å². The van der Waals surface area contributed by atoms with Crippen molar-refractivity contribution in [2.75, 3.05) is 5.32 Å². The van der Waals surface area contributed by atoms with E-state index in [0.717, 1.165) is 12.1 Å². The summed E-state index contributed by atoms with van der Waals surface area (Å²) in [6, 6.07) is 3.30. The summed E-state index contributed by atoms with van der Waals surface area (Å²) in [5.41, 5.74) is -0.316. The van der Waals surface area contributed by atoms with Crippen LogP contribution in [0.15, 0.2) is 18.2 Å². The monoisotopic (exact) mass is 234 g/mol. The number of rotatable bonds is 2. The lowest BCUT2D eigenvalue weighted by Gasteiger charge is -2.01. The van der Waals surface area contributed by atoms with Gasteiger partial charge in [0.15, 0.2) is 4.45 Å². The van der Waals surface area contributed by atoms with E-state index in [0.29, 0.717) is 0 Å². The molecule has 1 aromatic rings. The van der Waals surface area contributed by atoms with Gasteiger partial charge < -0.3 is 5.32 Å². The molecule has 0 heterocycles. The fraction of sp³-hybridized carbons (Fsp3) is 0. The molecule has 0 aliphatic carbocycles. The Morgan fingerprint density at radius 2 is 2.29 bits per heavy atom. The maximum Gasteiger partial charge on any atom is 0.304 e. The quantitative estimate of drug-likeness (QED) is 0.281. The van der Waals surface area contributed by atoms with Gasteiger partial charge in [0.2, 0.25) is 5.82 Å². The van der Waals surface area contributed by atoms with E-state index in [1.54, 1.807) is 0 Å². The fourth-order valence-corrected chi connectivity index (χ4v) is 1.07. The average molecular weight is 235 g/mol. The van der Waals surface area contributed by atoms with Crippen LogP contribution in [0, 0.1) is 15.9 Å². The minimum absolute atomic E-state index is 0.0572. The van der Waals surface area contributed by atoms with E-state index < -0.39 is 16.4 Å². The molecule has 0 spiro atoms. The molecule has 0 aliphatic heterocycles. The smallest absolute Gasteiger partial charge is 0.304 e. The first kappa shape index (κ1) is 10.8. The summed E-state index contributed by atoms with van der Waals surface area (Å²) in [5, 5.41) is 12.7. The van der Waals surface area contributed by atoms with Crippen molar-refractivity contribution in [1.29, 1.82) is 0 Å². The lowest BCUT2D eigenvalue weighted by molar-refractivity contribution is -0.387. The maximum atomic E-state index is 13.0.